The Kier molecular flexibility index (Phi) is 5.83. The zero-order valence-corrected chi connectivity index (χ0v) is 12.3. The lowest BCUT2D eigenvalue weighted by molar-refractivity contribution is 0.0575. The van der Waals surface area contributed by atoms with Gasteiger partial charge in [0, 0.05) is 29.9 Å². The molecule has 1 unspecified atom stereocenters. The van der Waals surface area contributed by atoms with E-state index in [1.54, 1.807) is 0 Å². The second kappa shape index (κ2) is 7.39. The van der Waals surface area contributed by atoms with E-state index in [1.165, 1.54) is 4.90 Å². The molecule has 1 saturated heterocycles. The fourth-order valence-corrected chi connectivity index (χ4v) is 3.79. The molecule has 0 aliphatic carbocycles. The van der Waals surface area contributed by atoms with E-state index < -0.39 is 0 Å². The van der Waals surface area contributed by atoms with Gasteiger partial charge in [0.05, 0.1) is 5.02 Å². The summed E-state index contributed by atoms with van der Waals surface area (Å²) in [6.45, 7) is 1.80. The molecule has 0 spiro atoms. The molecule has 1 N–H and O–H groups in total. The third-order valence-corrected chi connectivity index (χ3v) is 5.10. The van der Waals surface area contributed by atoms with Crippen molar-refractivity contribution < 1.29 is 4.74 Å². The van der Waals surface area contributed by atoms with Crippen LogP contribution in [0.15, 0.2) is 29.2 Å². The number of nitrogens with one attached hydrogen (secondary N) is 1. The zero-order chi connectivity index (χ0) is 12.8. The van der Waals surface area contributed by atoms with E-state index >= 15 is 0 Å². The molecule has 0 saturated carbocycles. The van der Waals surface area contributed by atoms with Crippen LogP contribution in [0.4, 0.5) is 0 Å². The lowest BCUT2D eigenvalue weighted by Gasteiger charge is -2.30. The Labute approximate surface area is 118 Å². The molecule has 100 valence electrons. The van der Waals surface area contributed by atoms with E-state index in [0.29, 0.717) is 6.04 Å². The first-order valence-corrected chi connectivity index (χ1v) is 7.80. The molecule has 18 heavy (non-hydrogen) atoms. The summed E-state index contributed by atoms with van der Waals surface area (Å²) in [4.78, 5) is 1.17. The van der Waals surface area contributed by atoms with Crippen molar-refractivity contribution in [2.75, 3.05) is 26.0 Å². The lowest BCUT2D eigenvalue weighted by Crippen LogP contribution is -2.38. The first-order chi connectivity index (χ1) is 8.81. The molecule has 4 heteroatoms. The van der Waals surface area contributed by atoms with Crippen LogP contribution in [-0.2, 0) is 4.74 Å². The van der Waals surface area contributed by atoms with Crippen molar-refractivity contribution in [2.45, 2.75) is 23.8 Å². The summed E-state index contributed by atoms with van der Waals surface area (Å²) >= 11 is 8.01. The summed E-state index contributed by atoms with van der Waals surface area (Å²) in [5.41, 5.74) is 0. The van der Waals surface area contributed by atoms with Crippen molar-refractivity contribution in [3.05, 3.63) is 29.3 Å². The van der Waals surface area contributed by atoms with Gasteiger partial charge < -0.3 is 10.1 Å². The van der Waals surface area contributed by atoms with Crippen LogP contribution < -0.4 is 5.32 Å². The van der Waals surface area contributed by atoms with Gasteiger partial charge in [-0.2, -0.15) is 0 Å². The van der Waals surface area contributed by atoms with Crippen LogP contribution in [0.5, 0.6) is 0 Å². The largest absolute Gasteiger partial charge is 0.381 e. The van der Waals surface area contributed by atoms with Gasteiger partial charge in [0.2, 0.25) is 0 Å². The fraction of sp³-hybridized carbons (Fsp3) is 0.571. The molecule has 1 aromatic rings. The third kappa shape index (κ3) is 3.89. The highest BCUT2D eigenvalue weighted by molar-refractivity contribution is 7.99. The van der Waals surface area contributed by atoms with Gasteiger partial charge in [-0.3, -0.25) is 0 Å². The Morgan fingerprint density at radius 2 is 2.11 bits per heavy atom. The quantitative estimate of drug-likeness (QED) is 0.838. The molecule has 1 aliphatic rings. The molecular formula is C14H20ClNOS. The molecule has 1 atom stereocenters. The first-order valence-electron chi connectivity index (χ1n) is 6.43. The summed E-state index contributed by atoms with van der Waals surface area (Å²) < 4.78 is 5.42. The fourth-order valence-electron chi connectivity index (χ4n) is 2.31. The molecule has 0 radical (unpaired) electrons. The van der Waals surface area contributed by atoms with Gasteiger partial charge in [-0.05, 0) is 37.9 Å². The van der Waals surface area contributed by atoms with Crippen molar-refractivity contribution in [1.82, 2.24) is 5.32 Å². The smallest absolute Gasteiger partial charge is 0.0541 e. The van der Waals surface area contributed by atoms with Crippen molar-refractivity contribution >= 4 is 23.4 Å². The van der Waals surface area contributed by atoms with E-state index in [2.05, 4.69) is 11.4 Å². The SMILES string of the molecule is CNC(CSc1ccccc1Cl)C1CCOCC1. The molecule has 0 aromatic heterocycles. The van der Waals surface area contributed by atoms with Crippen molar-refractivity contribution in [3.8, 4) is 0 Å². The maximum Gasteiger partial charge on any atom is 0.0541 e. The molecule has 1 aliphatic heterocycles. The van der Waals surface area contributed by atoms with Crippen molar-refractivity contribution in [2.24, 2.45) is 5.92 Å². The standard InChI is InChI=1S/C14H20ClNOS/c1-16-13(11-6-8-17-9-7-11)10-18-14-5-3-2-4-12(14)15/h2-5,11,13,16H,6-10H2,1H3. The van der Waals surface area contributed by atoms with E-state index in [-0.39, 0.29) is 0 Å². The number of thioether (sulfide) groups is 1. The van der Waals surface area contributed by atoms with E-state index in [0.717, 1.165) is 42.7 Å². The third-order valence-electron chi connectivity index (χ3n) is 3.46. The summed E-state index contributed by atoms with van der Waals surface area (Å²) in [5, 5.41) is 4.29. The maximum atomic E-state index is 6.18. The zero-order valence-electron chi connectivity index (χ0n) is 10.7. The van der Waals surface area contributed by atoms with Crippen LogP contribution in [0.25, 0.3) is 0 Å². The van der Waals surface area contributed by atoms with Crippen molar-refractivity contribution in [1.29, 1.82) is 0 Å². The maximum absolute atomic E-state index is 6.18. The monoisotopic (exact) mass is 285 g/mol. The second-order valence-electron chi connectivity index (χ2n) is 4.59. The van der Waals surface area contributed by atoms with E-state index in [1.807, 2.05) is 37.0 Å². The summed E-state index contributed by atoms with van der Waals surface area (Å²) in [6, 6.07) is 8.59. The Balaban J connectivity index is 1.88. The number of rotatable bonds is 5. The first kappa shape index (κ1) is 14.2. The highest BCUT2D eigenvalue weighted by Crippen LogP contribution is 2.29. The number of hydrogen-bond acceptors (Lipinski definition) is 3. The highest BCUT2D eigenvalue weighted by atomic mass is 35.5. The highest BCUT2D eigenvalue weighted by Gasteiger charge is 2.22. The van der Waals surface area contributed by atoms with Crippen LogP contribution in [0, 0.1) is 5.92 Å². The van der Waals surface area contributed by atoms with Gasteiger partial charge in [-0.15, -0.1) is 11.8 Å². The van der Waals surface area contributed by atoms with Crippen molar-refractivity contribution in [3.63, 3.8) is 0 Å². The topological polar surface area (TPSA) is 21.3 Å². The number of ether oxygens (including phenoxy) is 1. The Morgan fingerprint density at radius 3 is 2.78 bits per heavy atom. The Morgan fingerprint density at radius 1 is 1.39 bits per heavy atom. The van der Waals surface area contributed by atoms with Gasteiger partial charge >= 0.3 is 0 Å². The summed E-state index contributed by atoms with van der Waals surface area (Å²) in [5.74, 6) is 1.78. The predicted molar refractivity (Wildman–Crippen MR) is 78.6 cm³/mol. The van der Waals surface area contributed by atoms with Crippen LogP contribution >= 0.6 is 23.4 Å². The second-order valence-corrected chi connectivity index (χ2v) is 6.06. The predicted octanol–water partition coefficient (Wildman–Crippen LogP) is 3.45. The van der Waals surface area contributed by atoms with Crippen LogP contribution in [0.1, 0.15) is 12.8 Å². The van der Waals surface area contributed by atoms with Gasteiger partial charge in [0.25, 0.3) is 0 Å². The van der Waals surface area contributed by atoms with E-state index in [4.69, 9.17) is 16.3 Å². The Hall–Kier alpha value is -0.220. The van der Waals surface area contributed by atoms with Crippen LogP contribution in [-0.4, -0.2) is 32.1 Å². The molecule has 2 rings (SSSR count). The van der Waals surface area contributed by atoms with Gasteiger partial charge in [-0.25, -0.2) is 0 Å². The lowest BCUT2D eigenvalue weighted by atomic mass is 9.93. The summed E-state index contributed by atoms with van der Waals surface area (Å²) in [6.07, 6.45) is 2.32. The minimum absolute atomic E-state index is 0.537. The van der Waals surface area contributed by atoms with Gasteiger partial charge in [0.1, 0.15) is 0 Å². The molecular weight excluding hydrogens is 266 g/mol. The van der Waals surface area contributed by atoms with Crippen LogP contribution in [0.2, 0.25) is 5.02 Å². The summed E-state index contributed by atoms with van der Waals surface area (Å²) in [7, 11) is 2.05. The molecule has 1 fully saturated rings. The average Bonchev–Trinajstić information content (AvgIpc) is 2.42. The molecule has 1 aromatic carbocycles. The molecule has 0 bridgehead atoms. The number of benzene rings is 1. The molecule has 1 heterocycles. The molecule has 2 nitrogen and oxygen atoms in total. The minimum atomic E-state index is 0.537. The number of hydrogen-bond donors (Lipinski definition) is 1. The van der Waals surface area contributed by atoms with Gasteiger partial charge in [0.15, 0.2) is 0 Å². The van der Waals surface area contributed by atoms with E-state index in [9.17, 15) is 0 Å². The normalized spacial score (nSPS) is 18.8. The van der Waals surface area contributed by atoms with Crippen LogP contribution in [0.3, 0.4) is 0 Å². The average molecular weight is 286 g/mol. The Bertz CT molecular complexity index is 369. The number of halogens is 1. The molecule has 0 amide bonds. The van der Waals surface area contributed by atoms with Gasteiger partial charge in [-0.1, -0.05) is 23.7 Å². The minimum Gasteiger partial charge on any atom is -0.381 e.